The van der Waals surface area contributed by atoms with Crippen molar-refractivity contribution in [3.63, 3.8) is 0 Å². The lowest BCUT2D eigenvalue weighted by Gasteiger charge is -2.40. The van der Waals surface area contributed by atoms with E-state index in [4.69, 9.17) is 63.9 Å². The van der Waals surface area contributed by atoms with Gasteiger partial charge in [0.05, 0.1) is 6.61 Å². The number of nitrogens with one attached hydrogen (secondary N) is 1. The van der Waals surface area contributed by atoms with E-state index in [2.05, 4.69) is 0 Å². The van der Waals surface area contributed by atoms with E-state index in [9.17, 15) is 14.4 Å². The van der Waals surface area contributed by atoms with Crippen molar-refractivity contribution in [1.29, 1.82) is 5.41 Å². The Bertz CT molecular complexity index is 550. The summed E-state index contributed by atoms with van der Waals surface area (Å²) in [5, 5.41) is 7.59. The van der Waals surface area contributed by atoms with Gasteiger partial charge in [-0.1, -0.05) is 34.8 Å². The van der Waals surface area contributed by atoms with Crippen molar-refractivity contribution in [2.24, 2.45) is 0 Å². The molecule has 0 radical (unpaired) electrons. The molecule has 0 spiro atoms. The van der Waals surface area contributed by atoms with E-state index in [-0.39, 0.29) is 6.61 Å². The van der Waals surface area contributed by atoms with Gasteiger partial charge < -0.3 is 23.7 Å². The maximum absolute atomic E-state index is 11.4. The average molecular weight is 421 g/mol. The molecule has 1 rings (SSSR count). The zero-order valence-corrected chi connectivity index (χ0v) is 15.7. The molecule has 4 atom stereocenters. The molecule has 0 aliphatic carbocycles. The van der Waals surface area contributed by atoms with Crippen LogP contribution in [0, 0.1) is 5.41 Å². The molecule has 0 saturated carbocycles. The van der Waals surface area contributed by atoms with Crippen LogP contribution in [0.1, 0.15) is 20.8 Å². The Labute approximate surface area is 158 Å². The first-order valence-corrected chi connectivity index (χ1v) is 8.01. The molecule has 0 amide bonds. The van der Waals surface area contributed by atoms with Gasteiger partial charge in [0.15, 0.2) is 12.2 Å². The number of ether oxygens (including phenoxy) is 5. The Hall–Kier alpha value is -1.29. The van der Waals surface area contributed by atoms with Crippen molar-refractivity contribution in [1.82, 2.24) is 0 Å². The highest BCUT2D eigenvalue weighted by Crippen LogP contribution is 2.31. The first-order chi connectivity index (χ1) is 11.4. The lowest BCUT2D eigenvalue weighted by molar-refractivity contribution is -0.263. The van der Waals surface area contributed by atoms with Crippen LogP contribution in [0.2, 0.25) is 0 Å². The number of alkyl halides is 3. The predicted octanol–water partition coefficient (Wildman–Crippen LogP) is 1.50. The minimum atomic E-state index is -2.19. The van der Waals surface area contributed by atoms with E-state index in [0.29, 0.717) is 0 Å². The molecule has 1 fully saturated rings. The van der Waals surface area contributed by atoms with Gasteiger partial charge in [-0.05, 0) is 0 Å². The molecular weight excluding hydrogens is 405 g/mol. The first-order valence-electron chi connectivity index (χ1n) is 6.87. The lowest BCUT2D eigenvalue weighted by atomic mass is 10.0. The summed E-state index contributed by atoms with van der Waals surface area (Å²) in [4.78, 5) is 34.0. The molecule has 12 heteroatoms. The van der Waals surface area contributed by atoms with Crippen molar-refractivity contribution in [2.45, 2.75) is 49.2 Å². The van der Waals surface area contributed by atoms with Gasteiger partial charge in [0.1, 0.15) is 0 Å². The van der Waals surface area contributed by atoms with Gasteiger partial charge in [-0.25, -0.2) is 0 Å². The standard InChI is InChI=1S/C13H16Cl3NO8/c1-5(18)22-8-4-21-11(25-12(17)13(14,15)16)10(24-7(3)20)9(8)23-6(2)19/h8-11,17H,4H2,1-3H3/t8-,9+,10+,11+/m1/s1. The number of hydrogen-bond donors (Lipinski definition) is 1. The fourth-order valence-electron chi connectivity index (χ4n) is 1.99. The molecule has 25 heavy (non-hydrogen) atoms. The monoisotopic (exact) mass is 419 g/mol. The SMILES string of the molecule is CC(=O)O[C@@H]1[C@H](OC(=N)C(Cl)(Cl)Cl)OC[C@@H](OC(C)=O)[C@@H]1OC(C)=O. The Balaban J connectivity index is 3.09. The number of esters is 3. The minimum Gasteiger partial charge on any atom is -0.456 e. The summed E-state index contributed by atoms with van der Waals surface area (Å²) in [5.74, 6) is -2.95. The number of rotatable bonds is 4. The van der Waals surface area contributed by atoms with Crippen molar-refractivity contribution >= 4 is 58.6 Å². The van der Waals surface area contributed by atoms with E-state index in [1.807, 2.05) is 0 Å². The largest absolute Gasteiger partial charge is 0.456 e. The van der Waals surface area contributed by atoms with Crippen LogP contribution in [0.15, 0.2) is 0 Å². The summed E-state index contributed by atoms with van der Waals surface area (Å²) in [6.07, 6.45) is -5.10. The molecule has 0 unspecified atom stereocenters. The van der Waals surface area contributed by atoms with Crippen LogP contribution in [0.3, 0.4) is 0 Å². The van der Waals surface area contributed by atoms with Crippen LogP contribution in [-0.2, 0) is 38.1 Å². The molecule has 142 valence electrons. The molecule has 0 aromatic heterocycles. The maximum Gasteiger partial charge on any atom is 0.303 e. The van der Waals surface area contributed by atoms with Crippen LogP contribution < -0.4 is 0 Å². The highest BCUT2D eigenvalue weighted by atomic mass is 35.6. The van der Waals surface area contributed by atoms with E-state index < -0.39 is 52.2 Å². The Kier molecular flexibility index (Phi) is 7.73. The molecular formula is C13H16Cl3NO8. The van der Waals surface area contributed by atoms with E-state index >= 15 is 0 Å². The van der Waals surface area contributed by atoms with E-state index in [1.165, 1.54) is 0 Å². The molecule has 1 N–H and O–H groups in total. The normalized spacial score (nSPS) is 26.3. The number of hydrogen-bond acceptors (Lipinski definition) is 9. The summed E-state index contributed by atoms with van der Waals surface area (Å²) >= 11 is 16.6. The van der Waals surface area contributed by atoms with Crippen LogP contribution in [-0.4, -0.2) is 58.8 Å². The van der Waals surface area contributed by atoms with Crippen molar-refractivity contribution in [2.75, 3.05) is 6.61 Å². The van der Waals surface area contributed by atoms with Gasteiger partial charge in [-0.3, -0.25) is 19.8 Å². The summed E-state index contributed by atoms with van der Waals surface area (Å²) in [7, 11) is 0. The molecule has 1 aliphatic rings. The zero-order valence-electron chi connectivity index (χ0n) is 13.4. The molecule has 1 heterocycles. The van der Waals surface area contributed by atoms with Gasteiger partial charge in [0.2, 0.25) is 18.3 Å². The second kappa shape index (κ2) is 8.88. The van der Waals surface area contributed by atoms with Gasteiger partial charge in [-0.2, -0.15) is 0 Å². The number of carbonyl (C=O) groups is 3. The first kappa shape index (κ1) is 21.8. The summed E-state index contributed by atoms with van der Waals surface area (Å²) < 4.78 is 23.4. The highest BCUT2D eigenvalue weighted by Gasteiger charge is 2.49. The number of carbonyl (C=O) groups excluding carboxylic acids is 3. The highest BCUT2D eigenvalue weighted by molar-refractivity contribution is 6.76. The maximum atomic E-state index is 11.4. The second-order valence-electron chi connectivity index (χ2n) is 4.94. The average Bonchev–Trinajstić information content (AvgIpc) is 2.42. The van der Waals surface area contributed by atoms with Crippen LogP contribution in [0.4, 0.5) is 0 Å². The van der Waals surface area contributed by atoms with Crippen molar-refractivity contribution < 1.29 is 38.1 Å². The van der Waals surface area contributed by atoms with Crippen molar-refractivity contribution in [3.05, 3.63) is 0 Å². The van der Waals surface area contributed by atoms with Gasteiger partial charge in [0.25, 0.3) is 3.79 Å². The Morgan fingerprint density at radius 2 is 1.40 bits per heavy atom. The summed E-state index contributed by atoms with van der Waals surface area (Å²) in [6.45, 7) is 3.09. The molecule has 0 aromatic rings. The van der Waals surface area contributed by atoms with Crippen molar-refractivity contribution in [3.8, 4) is 0 Å². The van der Waals surface area contributed by atoms with Crippen LogP contribution in [0.5, 0.6) is 0 Å². The smallest absolute Gasteiger partial charge is 0.303 e. The van der Waals surface area contributed by atoms with E-state index in [0.717, 1.165) is 20.8 Å². The second-order valence-corrected chi connectivity index (χ2v) is 7.22. The van der Waals surface area contributed by atoms with Gasteiger partial charge in [-0.15, -0.1) is 0 Å². The molecule has 9 nitrogen and oxygen atoms in total. The summed E-state index contributed by atoms with van der Waals surface area (Å²) in [5.41, 5.74) is 0. The molecule has 1 saturated heterocycles. The molecule has 0 bridgehead atoms. The minimum absolute atomic E-state index is 0.271. The fourth-order valence-corrected chi connectivity index (χ4v) is 2.13. The Morgan fingerprint density at radius 1 is 0.920 bits per heavy atom. The van der Waals surface area contributed by atoms with Crippen LogP contribution in [0.25, 0.3) is 0 Å². The number of halogens is 3. The molecule has 1 aliphatic heterocycles. The van der Waals surface area contributed by atoms with Crippen LogP contribution >= 0.6 is 34.8 Å². The summed E-state index contributed by atoms with van der Waals surface area (Å²) in [6, 6.07) is 0. The third-order valence-corrected chi connectivity index (χ3v) is 3.31. The van der Waals surface area contributed by atoms with Gasteiger partial charge >= 0.3 is 17.9 Å². The Morgan fingerprint density at radius 3 is 1.84 bits per heavy atom. The third-order valence-electron chi connectivity index (χ3n) is 2.80. The predicted molar refractivity (Wildman–Crippen MR) is 85.5 cm³/mol. The fraction of sp³-hybridized carbons (Fsp3) is 0.692. The lowest BCUT2D eigenvalue weighted by Crippen LogP contribution is -2.58. The quantitative estimate of drug-likeness (QED) is 0.239. The topological polar surface area (TPSA) is 121 Å². The zero-order chi connectivity index (χ0) is 19.4. The van der Waals surface area contributed by atoms with Gasteiger partial charge in [0, 0.05) is 20.8 Å². The van der Waals surface area contributed by atoms with E-state index in [1.54, 1.807) is 0 Å². The third kappa shape index (κ3) is 6.85. The molecule has 0 aromatic carbocycles.